The van der Waals surface area contributed by atoms with Crippen LogP contribution in [0.3, 0.4) is 0 Å². The molecule has 0 unspecified atom stereocenters. The lowest BCUT2D eigenvalue weighted by molar-refractivity contribution is 1.31. The average Bonchev–Trinajstić information content (AvgIpc) is 2.26. The molecule has 2 nitrogen and oxygen atoms in total. The molecule has 0 atom stereocenters. The zero-order valence-corrected chi connectivity index (χ0v) is 10.0. The summed E-state index contributed by atoms with van der Waals surface area (Å²) in [4.78, 5) is 0. The summed E-state index contributed by atoms with van der Waals surface area (Å²) in [6, 6.07) is 0. The highest BCUT2D eigenvalue weighted by Gasteiger charge is 1.92. The van der Waals surface area contributed by atoms with Crippen LogP contribution in [-0.2, 0) is 0 Å². The molecule has 0 bridgehead atoms. The van der Waals surface area contributed by atoms with Crippen molar-refractivity contribution in [2.45, 2.75) is 13.8 Å². The lowest BCUT2D eigenvalue weighted by atomic mass is 10.1. The van der Waals surface area contributed by atoms with E-state index >= 15 is 0 Å². The van der Waals surface area contributed by atoms with Gasteiger partial charge in [-0.25, -0.2) is 0 Å². The Hall–Kier alpha value is -1.96. The smallest absolute Gasteiger partial charge is 0.0308 e. The van der Waals surface area contributed by atoms with Crippen LogP contribution in [-0.4, -0.2) is 0 Å². The number of rotatable bonds is 5. The number of hydrogen-bond donors (Lipinski definition) is 2. The van der Waals surface area contributed by atoms with Crippen molar-refractivity contribution in [3.05, 3.63) is 72.2 Å². The molecule has 0 fully saturated rings. The summed E-state index contributed by atoms with van der Waals surface area (Å²) in [5, 5.41) is 0. The first-order valence-electron chi connectivity index (χ1n) is 5.04. The van der Waals surface area contributed by atoms with E-state index < -0.39 is 0 Å². The van der Waals surface area contributed by atoms with Crippen molar-refractivity contribution in [2.75, 3.05) is 0 Å². The van der Waals surface area contributed by atoms with Crippen molar-refractivity contribution in [3.63, 3.8) is 0 Å². The predicted octanol–water partition coefficient (Wildman–Crippen LogP) is 2.94. The van der Waals surface area contributed by atoms with Crippen LogP contribution < -0.4 is 11.5 Å². The Bertz CT molecular complexity index is 376. The molecule has 0 saturated carbocycles. The molecule has 0 aromatic heterocycles. The molecule has 0 aromatic carbocycles. The third kappa shape index (κ3) is 5.70. The highest BCUT2D eigenvalue weighted by Crippen LogP contribution is 2.11. The van der Waals surface area contributed by atoms with E-state index in [-0.39, 0.29) is 0 Å². The van der Waals surface area contributed by atoms with Crippen LogP contribution in [0.2, 0.25) is 0 Å². The van der Waals surface area contributed by atoms with Gasteiger partial charge in [-0.2, -0.15) is 0 Å². The molecule has 0 saturated heterocycles. The van der Waals surface area contributed by atoms with E-state index in [4.69, 9.17) is 11.5 Å². The van der Waals surface area contributed by atoms with Crippen molar-refractivity contribution in [2.24, 2.45) is 11.5 Å². The van der Waals surface area contributed by atoms with Gasteiger partial charge in [-0.15, -0.1) is 0 Å². The SMILES string of the molecule is C=C\C(N)=C/C=C(C)/C(C=C)=C/C=C(\C)N. The molecule has 0 aromatic rings. The average molecular weight is 216 g/mol. The standard InChI is InChI=1S/C14H20N2/c1-5-13(9-8-12(4)15)11(3)7-10-14(16)6-2/h5-10H,1-2,15-16H2,3-4H3/b11-7+,12-8+,13-9+,14-10+. The summed E-state index contributed by atoms with van der Waals surface area (Å²) in [6.07, 6.45) is 10.9. The molecule has 86 valence electrons. The number of hydrogen-bond acceptors (Lipinski definition) is 2. The van der Waals surface area contributed by atoms with E-state index in [0.717, 1.165) is 16.8 Å². The van der Waals surface area contributed by atoms with Gasteiger partial charge in [-0.1, -0.05) is 31.4 Å². The summed E-state index contributed by atoms with van der Waals surface area (Å²) in [6.45, 7) is 11.2. The van der Waals surface area contributed by atoms with E-state index in [0.29, 0.717) is 5.70 Å². The normalized spacial score (nSPS) is 14.9. The molecule has 4 N–H and O–H groups in total. The summed E-state index contributed by atoms with van der Waals surface area (Å²) < 4.78 is 0. The molecule has 0 aliphatic rings. The first-order chi connectivity index (χ1) is 7.51. The fourth-order valence-electron chi connectivity index (χ4n) is 0.967. The summed E-state index contributed by atoms with van der Waals surface area (Å²) in [5.41, 5.74) is 14.6. The quantitative estimate of drug-likeness (QED) is 0.694. The van der Waals surface area contributed by atoms with Gasteiger partial charge in [0.1, 0.15) is 0 Å². The Morgan fingerprint density at radius 3 is 1.94 bits per heavy atom. The van der Waals surface area contributed by atoms with Crippen molar-refractivity contribution >= 4 is 0 Å². The highest BCUT2D eigenvalue weighted by molar-refractivity contribution is 5.42. The van der Waals surface area contributed by atoms with Crippen molar-refractivity contribution in [1.29, 1.82) is 0 Å². The van der Waals surface area contributed by atoms with Crippen LogP contribution >= 0.6 is 0 Å². The fourth-order valence-corrected chi connectivity index (χ4v) is 0.967. The molecule has 0 heterocycles. The van der Waals surface area contributed by atoms with Gasteiger partial charge in [0.25, 0.3) is 0 Å². The zero-order valence-electron chi connectivity index (χ0n) is 10.0. The Morgan fingerprint density at radius 2 is 1.50 bits per heavy atom. The monoisotopic (exact) mass is 216 g/mol. The van der Waals surface area contributed by atoms with Gasteiger partial charge < -0.3 is 11.5 Å². The summed E-state index contributed by atoms with van der Waals surface area (Å²) in [5.74, 6) is 0. The van der Waals surface area contributed by atoms with Crippen LogP contribution in [0, 0.1) is 0 Å². The van der Waals surface area contributed by atoms with E-state index in [1.54, 1.807) is 18.2 Å². The van der Waals surface area contributed by atoms with Crippen LogP contribution in [0.5, 0.6) is 0 Å². The minimum absolute atomic E-state index is 0.633. The van der Waals surface area contributed by atoms with E-state index in [1.807, 2.05) is 32.1 Å². The molecular formula is C14H20N2. The van der Waals surface area contributed by atoms with Gasteiger partial charge in [0.15, 0.2) is 0 Å². The third-order valence-electron chi connectivity index (χ3n) is 1.96. The number of nitrogens with two attached hydrogens (primary N) is 2. The largest absolute Gasteiger partial charge is 0.402 e. The maximum Gasteiger partial charge on any atom is 0.0308 e. The third-order valence-corrected chi connectivity index (χ3v) is 1.96. The summed E-state index contributed by atoms with van der Waals surface area (Å²) in [7, 11) is 0. The maximum absolute atomic E-state index is 5.61. The van der Waals surface area contributed by atoms with Crippen molar-refractivity contribution < 1.29 is 0 Å². The van der Waals surface area contributed by atoms with E-state index in [9.17, 15) is 0 Å². The molecule has 0 rings (SSSR count). The summed E-state index contributed by atoms with van der Waals surface area (Å²) >= 11 is 0. The Morgan fingerprint density at radius 1 is 0.875 bits per heavy atom. The lowest BCUT2D eigenvalue weighted by Gasteiger charge is -2.00. The van der Waals surface area contributed by atoms with E-state index in [1.165, 1.54) is 0 Å². The highest BCUT2D eigenvalue weighted by atomic mass is 14.5. The molecule has 0 radical (unpaired) electrons. The zero-order chi connectivity index (χ0) is 12.6. The van der Waals surface area contributed by atoms with Gasteiger partial charge in [0.2, 0.25) is 0 Å². The van der Waals surface area contributed by atoms with Crippen LogP contribution in [0.1, 0.15) is 13.8 Å². The molecule has 0 aliphatic heterocycles. The second kappa shape index (κ2) is 7.35. The Labute approximate surface area is 98.0 Å². The Balaban J connectivity index is 4.99. The van der Waals surface area contributed by atoms with Gasteiger partial charge in [-0.3, -0.25) is 0 Å². The molecule has 2 heteroatoms. The molecule has 0 spiro atoms. The maximum atomic E-state index is 5.61. The number of allylic oxidation sites excluding steroid dienone is 9. The molecular weight excluding hydrogens is 196 g/mol. The van der Waals surface area contributed by atoms with Crippen LogP contribution in [0.15, 0.2) is 72.2 Å². The first-order valence-corrected chi connectivity index (χ1v) is 5.04. The van der Waals surface area contributed by atoms with Crippen LogP contribution in [0.25, 0.3) is 0 Å². The van der Waals surface area contributed by atoms with E-state index in [2.05, 4.69) is 13.2 Å². The minimum Gasteiger partial charge on any atom is -0.402 e. The van der Waals surface area contributed by atoms with Crippen molar-refractivity contribution in [3.8, 4) is 0 Å². The van der Waals surface area contributed by atoms with Crippen LogP contribution in [0.4, 0.5) is 0 Å². The topological polar surface area (TPSA) is 52.0 Å². The fraction of sp³-hybridized carbons (Fsp3) is 0.143. The van der Waals surface area contributed by atoms with Gasteiger partial charge in [0.05, 0.1) is 0 Å². The Kier molecular flexibility index (Phi) is 6.45. The van der Waals surface area contributed by atoms with Crippen molar-refractivity contribution in [1.82, 2.24) is 0 Å². The second-order valence-electron chi connectivity index (χ2n) is 3.46. The molecule has 0 amide bonds. The molecule has 0 aliphatic carbocycles. The van der Waals surface area contributed by atoms with Gasteiger partial charge in [-0.05, 0) is 43.2 Å². The minimum atomic E-state index is 0.633. The van der Waals surface area contributed by atoms with Gasteiger partial charge in [0, 0.05) is 11.4 Å². The second-order valence-corrected chi connectivity index (χ2v) is 3.46. The first kappa shape index (κ1) is 14.0. The molecule has 16 heavy (non-hydrogen) atoms. The predicted molar refractivity (Wildman–Crippen MR) is 72.4 cm³/mol. The lowest BCUT2D eigenvalue weighted by Crippen LogP contribution is -1.91. The van der Waals surface area contributed by atoms with Gasteiger partial charge >= 0.3 is 0 Å².